The minimum Gasteiger partial charge on any atom is -0.467 e. The number of hydrazine groups is 2. The molecule has 103 heavy (non-hydrogen) atoms. The summed E-state index contributed by atoms with van der Waals surface area (Å²) in [5.74, 6) is 5.98. The number of nitrogens with two attached hydrogens (primary N) is 2. The van der Waals surface area contributed by atoms with Gasteiger partial charge in [-0.2, -0.15) is 21.6 Å². The maximum atomic E-state index is 13.1. The van der Waals surface area contributed by atoms with E-state index >= 15 is 0 Å². The van der Waals surface area contributed by atoms with Crippen molar-refractivity contribution in [1.82, 2.24) is 37.9 Å². The number of aryl methyl sites for hydroxylation is 6. The van der Waals surface area contributed by atoms with E-state index in [-0.39, 0.29) is 34.6 Å². The number of ether oxygens (including phenoxy) is 6. The second-order valence-electron chi connectivity index (χ2n) is 23.0. The standard InChI is InChI=1S/C23H23ClF3N5O4S.C22H24ClN5O2.C20H24ClN5O.C5H12O4/c1-3-18-21(30-14-16(24)7-11-20(30)28-18)19(33)10-6-15-4-8-17(9-5-15)31-12-13-32(22(29-31)36-2)37(34,35)23(25,26)27;1-3-18-21(27-14-16(23)7-11-20(27)25-18)19(29)10-6-15-4-8-17(9-5-15)28-13-12-24-22(26-28)30-2;1-2-17-20(25-13-15(21)6-10-19(25)24-17)18(27)9-5-14-3-7-16(8-4-14)26(23)12-11-22;1-6-5(7-2,8-3)9-4/h4-5,7-9,11,14H,3,6,10,12-13H2,1-2H3;4-5,7-9,11,14H,3,6,10,12-13H2,1-2H3,(H,24,26);3-4,6-8,10,13H,2,5,9,11-12,22-23H2,1H3;1-4H3. The number of hydrogen-bond donors (Lipinski definition) is 3. The first kappa shape index (κ1) is 79.7. The van der Waals surface area contributed by atoms with Gasteiger partial charge in [0.15, 0.2) is 17.3 Å². The molecule has 0 spiro atoms. The lowest BCUT2D eigenvalue weighted by Gasteiger charge is -2.32. The summed E-state index contributed by atoms with van der Waals surface area (Å²) < 4.78 is 96.7. The molecule has 8 heterocycles. The van der Waals surface area contributed by atoms with Crippen LogP contribution < -0.4 is 32.0 Å². The van der Waals surface area contributed by atoms with Gasteiger partial charge in [-0.1, -0.05) is 92.0 Å². The number of amidine groups is 2. The highest BCUT2D eigenvalue weighted by molar-refractivity contribution is 7.90. The van der Waals surface area contributed by atoms with Crippen molar-refractivity contribution < 1.29 is 64.4 Å². The van der Waals surface area contributed by atoms with E-state index < -0.39 is 34.3 Å². The SMILES string of the molecule is CCc1nc2ccc(Cl)cn2c1C(=O)CCc1ccc(N(N)CCN)cc1.CCc1nc2ccc(Cl)cn2c1C(=O)CCc1ccc(N2CCN(S(=O)(=O)C(F)(F)F)C(OC)=N2)cc1.CCc1nc2ccc(Cl)cn2c1C(=O)CCc1ccc(N2CCN=C(OC)N2)cc1.COC(OC)(OC)OC. The number of hydrazone groups is 1. The number of alkyl halides is 3. The summed E-state index contributed by atoms with van der Waals surface area (Å²) in [7, 11) is 2.72. The van der Waals surface area contributed by atoms with Crippen molar-refractivity contribution in [3.63, 3.8) is 0 Å². The zero-order valence-corrected chi connectivity index (χ0v) is 61.5. The lowest BCUT2D eigenvalue weighted by molar-refractivity contribution is -0.472. The molecule has 0 bridgehead atoms. The van der Waals surface area contributed by atoms with E-state index in [4.69, 9.17) is 74.8 Å². The fourth-order valence-corrected chi connectivity index (χ4v) is 12.6. The van der Waals surface area contributed by atoms with Crippen molar-refractivity contribution in [1.29, 1.82) is 0 Å². The maximum absolute atomic E-state index is 13.1. The predicted octanol–water partition coefficient (Wildman–Crippen LogP) is 11.1. The van der Waals surface area contributed by atoms with Crippen LogP contribution in [0.1, 0.15) is 105 Å². The van der Waals surface area contributed by atoms with Crippen LogP contribution in [0.4, 0.5) is 30.2 Å². The van der Waals surface area contributed by atoms with Crippen LogP contribution in [-0.2, 0) is 77.0 Å². The fraction of sp³-hybridized carbons (Fsp3) is 0.371. The molecule has 3 aromatic carbocycles. The Morgan fingerprint density at radius 2 is 0.961 bits per heavy atom. The molecule has 2 aliphatic heterocycles. The molecule has 0 radical (unpaired) electrons. The zero-order valence-electron chi connectivity index (χ0n) is 58.4. The number of fused-ring (bicyclic) bond motifs is 3. The molecule has 26 nitrogen and oxygen atoms in total. The quantitative estimate of drug-likeness (QED) is 0.0207. The second kappa shape index (κ2) is 36.5. The van der Waals surface area contributed by atoms with Crippen LogP contribution >= 0.6 is 34.8 Å². The summed E-state index contributed by atoms with van der Waals surface area (Å²) in [6.45, 7) is 7.85. The first-order chi connectivity index (χ1) is 49.3. The fourth-order valence-electron chi connectivity index (χ4n) is 11.2. The van der Waals surface area contributed by atoms with E-state index in [1.165, 1.54) is 33.4 Å². The number of anilines is 3. The molecule has 0 fully saturated rings. The minimum atomic E-state index is -5.62. The number of nitrogens with one attached hydrogen (secondary N) is 1. The normalized spacial score (nSPS) is 13.3. The largest absolute Gasteiger partial charge is 0.516 e. The van der Waals surface area contributed by atoms with Crippen LogP contribution in [0.25, 0.3) is 16.9 Å². The predicted molar refractivity (Wildman–Crippen MR) is 391 cm³/mol. The second-order valence-corrected chi connectivity index (χ2v) is 26.1. The Hall–Kier alpha value is -8.95. The van der Waals surface area contributed by atoms with Crippen molar-refractivity contribution in [3.8, 4) is 0 Å². The number of aliphatic imine (C=N–C) groups is 1. The third-order valence-electron chi connectivity index (χ3n) is 16.5. The van der Waals surface area contributed by atoms with Crippen LogP contribution in [0.5, 0.6) is 0 Å². The highest BCUT2D eigenvalue weighted by Crippen LogP contribution is 2.31. The van der Waals surface area contributed by atoms with Gasteiger partial charge in [0.05, 0.1) is 89.6 Å². The first-order valence-corrected chi connectivity index (χ1v) is 35.3. The summed E-state index contributed by atoms with van der Waals surface area (Å²) in [6.07, 6.45) is 8.63. The number of imidazole rings is 3. The topological polar surface area (TPSA) is 294 Å². The van der Waals surface area contributed by atoms with Gasteiger partial charge in [-0.05, 0) is 128 Å². The highest BCUT2D eigenvalue weighted by atomic mass is 35.5. The first-order valence-electron chi connectivity index (χ1n) is 32.7. The molecule has 9 aromatic rings. The highest BCUT2D eigenvalue weighted by Gasteiger charge is 2.52. The molecule has 0 atom stereocenters. The number of pyridine rings is 3. The Balaban J connectivity index is 0.000000186. The van der Waals surface area contributed by atoms with Crippen molar-refractivity contribution in [2.45, 2.75) is 90.2 Å². The van der Waals surface area contributed by atoms with E-state index in [0.29, 0.717) is 126 Å². The third-order valence-corrected chi connectivity index (χ3v) is 18.7. The summed E-state index contributed by atoms with van der Waals surface area (Å²) in [5.41, 5.74) is 14.9. The lowest BCUT2D eigenvalue weighted by Crippen LogP contribution is -2.51. The van der Waals surface area contributed by atoms with E-state index in [1.807, 2.05) is 78.7 Å². The molecule has 0 saturated heterocycles. The number of sulfonamides is 1. The summed E-state index contributed by atoms with van der Waals surface area (Å²) >= 11 is 18.3. The monoisotopic (exact) mass is 1500 g/mol. The van der Waals surface area contributed by atoms with Gasteiger partial charge in [0.1, 0.15) is 34.0 Å². The number of halogens is 6. The van der Waals surface area contributed by atoms with Gasteiger partial charge in [-0.15, -0.1) is 5.10 Å². The molecule has 11 rings (SSSR count). The van der Waals surface area contributed by atoms with Crippen molar-refractivity contribution in [2.75, 3.05) is 97.0 Å². The van der Waals surface area contributed by atoms with Gasteiger partial charge in [-0.3, -0.25) is 43.0 Å². The zero-order chi connectivity index (χ0) is 74.8. The van der Waals surface area contributed by atoms with Gasteiger partial charge in [-0.25, -0.2) is 30.1 Å². The molecule has 0 saturated carbocycles. The number of nitrogens with zero attached hydrogens (tertiary/aromatic N) is 12. The smallest absolute Gasteiger partial charge is 0.467 e. The molecule has 0 unspecified atom stereocenters. The van der Waals surface area contributed by atoms with Crippen molar-refractivity contribution in [3.05, 3.63) is 194 Å². The number of hydrogen-bond acceptors (Lipinski definition) is 22. The Morgan fingerprint density at radius 3 is 1.31 bits per heavy atom. The van der Waals surface area contributed by atoms with Crippen LogP contribution in [0, 0.1) is 0 Å². The van der Waals surface area contributed by atoms with Crippen molar-refractivity contribution in [2.24, 2.45) is 21.7 Å². The molecule has 33 heteroatoms. The average molecular weight is 1510 g/mol. The van der Waals surface area contributed by atoms with Crippen LogP contribution in [0.3, 0.4) is 0 Å². The molecule has 0 amide bonds. The molecule has 5 N–H and O–H groups in total. The number of ketones is 3. The van der Waals surface area contributed by atoms with Gasteiger partial charge in [0, 0.05) is 79.4 Å². The molecular weight excluding hydrogens is 1420 g/mol. The number of carbonyl (C=O) groups is 3. The van der Waals surface area contributed by atoms with E-state index in [2.05, 4.69) is 42.6 Å². The number of methoxy groups -OCH3 is 6. The molecular formula is C70H83Cl3F3N15O11S. The number of benzene rings is 3. The van der Waals surface area contributed by atoms with Gasteiger partial charge >= 0.3 is 33.7 Å². The molecule has 0 aliphatic carbocycles. The van der Waals surface area contributed by atoms with Crippen LogP contribution in [-0.4, -0.2) is 164 Å². The van der Waals surface area contributed by atoms with E-state index in [1.54, 1.807) is 88.0 Å². The van der Waals surface area contributed by atoms with Crippen molar-refractivity contribution >= 4 is 108 Å². The van der Waals surface area contributed by atoms with Gasteiger partial charge in [0.2, 0.25) is 0 Å². The summed E-state index contributed by atoms with van der Waals surface area (Å²) in [4.78, 5) is 56.9. The third kappa shape index (κ3) is 19.7. The average Bonchev–Trinajstić information content (AvgIpc) is 1.28. The Labute approximate surface area is 609 Å². The Morgan fingerprint density at radius 1 is 0.563 bits per heavy atom. The Kier molecular flexibility index (Phi) is 28.2. The summed E-state index contributed by atoms with van der Waals surface area (Å²) in [5, 5.41) is 10.5. The lowest BCUT2D eigenvalue weighted by atomic mass is 10.0. The number of Topliss-reactive ketones (excluding diaryl/α,β-unsaturated/α-hetero) is 3. The molecule has 552 valence electrons. The number of carbonyl (C=O) groups excluding carboxylic acids is 3. The minimum absolute atomic E-state index is 0.0641. The molecule has 6 aromatic heterocycles. The van der Waals surface area contributed by atoms with Crippen LogP contribution in [0.15, 0.2) is 138 Å². The van der Waals surface area contributed by atoms with Crippen LogP contribution in [0.2, 0.25) is 15.1 Å². The maximum Gasteiger partial charge on any atom is 0.516 e. The Bertz CT molecular complexity index is 4540. The van der Waals surface area contributed by atoms with Gasteiger partial charge < -0.3 is 39.2 Å². The number of aromatic nitrogens is 6. The molecule has 2 aliphatic rings. The van der Waals surface area contributed by atoms with E-state index in [0.717, 1.165) is 64.4 Å². The summed E-state index contributed by atoms with van der Waals surface area (Å²) in [6, 6.07) is 33.5. The number of rotatable bonds is 25. The van der Waals surface area contributed by atoms with Gasteiger partial charge in [0.25, 0.3) is 0 Å². The van der Waals surface area contributed by atoms with E-state index in [9.17, 15) is 36.0 Å².